The van der Waals surface area contributed by atoms with Crippen LogP contribution in [0.4, 0.5) is 4.79 Å². The van der Waals surface area contributed by atoms with E-state index in [0.29, 0.717) is 0 Å². The number of amides is 1. The van der Waals surface area contributed by atoms with Crippen LogP contribution < -0.4 is 0 Å². The molecule has 0 saturated carbocycles. The summed E-state index contributed by atoms with van der Waals surface area (Å²) in [5.74, 6) is 0. The molecule has 0 aromatic carbocycles. The molecule has 0 spiro atoms. The molecule has 18 heavy (non-hydrogen) atoms. The zero-order valence-corrected chi connectivity index (χ0v) is 12.7. The van der Waals surface area contributed by atoms with Crippen molar-refractivity contribution in [1.82, 2.24) is 4.90 Å². The Labute approximate surface area is 116 Å². The summed E-state index contributed by atoms with van der Waals surface area (Å²) in [6, 6.07) is 0. The number of hydrogen-bond acceptors (Lipinski definition) is 2. The molecule has 1 heterocycles. The number of likely N-dealkylation sites (tertiary alicyclic amines) is 1. The molecule has 102 valence electrons. The quantitative estimate of drug-likeness (QED) is 0.680. The van der Waals surface area contributed by atoms with Crippen molar-refractivity contribution in [2.24, 2.45) is 5.41 Å². The van der Waals surface area contributed by atoms with Crippen molar-refractivity contribution in [1.29, 1.82) is 0 Å². The van der Waals surface area contributed by atoms with Crippen molar-refractivity contribution in [2.75, 3.05) is 13.1 Å². The van der Waals surface area contributed by atoms with Gasteiger partial charge in [-0.3, -0.25) is 4.79 Å². The standard InChI is InChI=1S/C15H25NOS/c1-6-7-15(12(2)3)8-10-16(11-9-15)14(17)18-13(4)5/h2,4,6-11H2,1,3,5H3. The number of nitrogens with zero attached hydrogens (tertiary/aromatic N) is 1. The first-order chi connectivity index (χ1) is 8.41. The Balaban J connectivity index is 2.60. The summed E-state index contributed by atoms with van der Waals surface area (Å²) >= 11 is 1.25. The summed E-state index contributed by atoms with van der Waals surface area (Å²) in [6.45, 7) is 15.9. The third-order valence-electron chi connectivity index (χ3n) is 3.87. The Morgan fingerprint density at radius 3 is 2.22 bits per heavy atom. The van der Waals surface area contributed by atoms with E-state index in [9.17, 15) is 4.79 Å². The first-order valence-electron chi connectivity index (χ1n) is 6.69. The van der Waals surface area contributed by atoms with E-state index in [4.69, 9.17) is 0 Å². The first kappa shape index (κ1) is 15.4. The van der Waals surface area contributed by atoms with Crippen molar-refractivity contribution in [3.63, 3.8) is 0 Å². The molecule has 1 aliphatic rings. The summed E-state index contributed by atoms with van der Waals surface area (Å²) < 4.78 is 0. The highest BCUT2D eigenvalue weighted by Crippen LogP contribution is 2.42. The Hall–Kier alpha value is -0.700. The van der Waals surface area contributed by atoms with E-state index >= 15 is 0 Å². The van der Waals surface area contributed by atoms with Gasteiger partial charge in [-0.25, -0.2) is 0 Å². The minimum Gasteiger partial charge on any atom is -0.333 e. The van der Waals surface area contributed by atoms with Gasteiger partial charge in [0.1, 0.15) is 0 Å². The molecule has 0 N–H and O–H groups in total. The smallest absolute Gasteiger partial charge is 0.286 e. The first-order valence-corrected chi connectivity index (χ1v) is 7.51. The van der Waals surface area contributed by atoms with Crippen LogP contribution in [-0.4, -0.2) is 23.2 Å². The lowest BCUT2D eigenvalue weighted by molar-refractivity contribution is 0.146. The molecule has 1 amide bonds. The highest BCUT2D eigenvalue weighted by Gasteiger charge is 2.35. The average molecular weight is 267 g/mol. The van der Waals surface area contributed by atoms with E-state index in [1.807, 2.05) is 11.8 Å². The Morgan fingerprint density at radius 1 is 1.28 bits per heavy atom. The van der Waals surface area contributed by atoms with Crippen LogP contribution in [-0.2, 0) is 0 Å². The number of hydrogen-bond donors (Lipinski definition) is 0. The second-order valence-electron chi connectivity index (χ2n) is 5.37. The number of carbonyl (C=O) groups excluding carboxylic acids is 1. The SMILES string of the molecule is C=C(C)SC(=O)N1CCC(CCC)(C(=C)C)CC1. The topological polar surface area (TPSA) is 20.3 Å². The van der Waals surface area contributed by atoms with Gasteiger partial charge in [-0.1, -0.05) is 32.1 Å². The molecular weight excluding hydrogens is 242 g/mol. The number of rotatable bonds is 4. The van der Waals surface area contributed by atoms with Crippen LogP contribution in [0.2, 0.25) is 0 Å². The van der Waals surface area contributed by atoms with Gasteiger partial charge in [0.25, 0.3) is 5.24 Å². The van der Waals surface area contributed by atoms with Crippen molar-refractivity contribution in [3.05, 3.63) is 23.6 Å². The molecule has 1 aliphatic heterocycles. The van der Waals surface area contributed by atoms with E-state index in [1.165, 1.54) is 30.2 Å². The Kier molecular flexibility index (Phi) is 5.51. The van der Waals surface area contributed by atoms with E-state index in [1.54, 1.807) is 0 Å². The number of carbonyl (C=O) groups is 1. The molecule has 0 bridgehead atoms. The molecule has 1 rings (SSSR count). The maximum Gasteiger partial charge on any atom is 0.286 e. The zero-order valence-electron chi connectivity index (χ0n) is 11.9. The fraction of sp³-hybridized carbons (Fsp3) is 0.667. The van der Waals surface area contributed by atoms with Crippen LogP contribution in [0.25, 0.3) is 0 Å². The summed E-state index contributed by atoms with van der Waals surface area (Å²) in [7, 11) is 0. The maximum absolute atomic E-state index is 12.0. The molecule has 0 unspecified atom stereocenters. The van der Waals surface area contributed by atoms with E-state index in [2.05, 4.69) is 27.0 Å². The fourth-order valence-corrected chi connectivity index (χ4v) is 3.31. The minimum atomic E-state index is 0.148. The predicted molar refractivity (Wildman–Crippen MR) is 80.8 cm³/mol. The van der Waals surface area contributed by atoms with Gasteiger partial charge in [0.15, 0.2) is 0 Å². The maximum atomic E-state index is 12.0. The largest absolute Gasteiger partial charge is 0.333 e. The predicted octanol–water partition coefficient (Wildman–Crippen LogP) is 4.83. The van der Waals surface area contributed by atoms with Crippen LogP contribution in [0.3, 0.4) is 0 Å². The number of allylic oxidation sites excluding steroid dienone is 2. The van der Waals surface area contributed by atoms with Crippen molar-refractivity contribution in [3.8, 4) is 0 Å². The highest BCUT2D eigenvalue weighted by atomic mass is 32.2. The molecule has 0 atom stereocenters. The van der Waals surface area contributed by atoms with Crippen LogP contribution in [0.5, 0.6) is 0 Å². The van der Waals surface area contributed by atoms with E-state index in [0.717, 1.165) is 30.8 Å². The molecule has 0 aromatic heterocycles. The zero-order chi connectivity index (χ0) is 13.8. The van der Waals surface area contributed by atoms with Gasteiger partial charge in [0.2, 0.25) is 0 Å². The third-order valence-corrected chi connectivity index (χ3v) is 4.66. The molecule has 0 radical (unpaired) electrons. The molecule has 1 saturated heterocycles. The van der Waals surface area contributed by atoms with Gasteiger partial charge >= 0.3 is 0 Å². The van der Waals surface area contributed by atoms with Gasteiger partial charge in [-0.05, 0) is 55.2 Å². The number of piperidine rings is 1. The van der Waals surface area contributed by atoms with Gasteiger partial charge in [-0.15, -0.1) is 0 Å². The van der Waals surface area contributed by atoms with Gasteiger partial charge in [0, 0.05) is 13.1 Å². The van der Waals surface area contributed by atoms with Gasteiger partial charge in [0.05, 0.1) is 0 Å². The Morgan fingerprint density at radius 2 is 1.83 bits per heavy atom. The lowest BCUT2D eigenvalue weighted by Crippen LogP contribution is -2.42. The molecule has 0 aromatic rings. The van der Waals surface area contributed by atoms with E-state index < -0.39 is 0 Å². The number of thioether (sulfide) groups is 1. The van der Waals surface area contributed by atoms with Crippen molar-refractivity contribution >= 4 is 17.0 Å². The molecule has 2 nitrogen and oxygen atoms in total. The van der Waals surface area contributed by atoms with Crippen molar-refractivity contribution in [2.45, 2.75) is 46.5 Å². The highest BCUT2D eigenvalue weighted by molar-refractivity contribution is 8.16. The second kappa shape index (κ2) is 6.46. The normalized spacial score (nSPS) is 18.5. The van der Waals surface area contributed by atoms with E-state index in [-0.39, 0.29) is 10.7 Å². The lowest BCUT2D eigenvalue weighted by atomic mass is 9.70. The Bertz CT molecular complexity index is 340. The summed E-state index contributed by atoms with van der Waals surface area (Å²) in [5.41, 5.74) is 1.54. The lowest BCUT2D eigenvalue weighted by Gasteiger charge is -2.42. The summed E-state index contributed by atoms with van der Waals surface area (Å²) in [4.78, 5) is 14.8. The molecule has 0 aliphatic carbocycles. The summed E-state index contributed by atoms with van der Waals surface area (Å²) in [6.07, 6.45) is 4.48. The minimum absolute atomic E-state index is 0.148. The fourth-order valence-electron chi connectivity index (χ4n) is 2.70. The average Bonchev–Trinajstić information content (AvgIpc) is 2.29. The second-order valence-corrected chi connectivity index (χ2v) is 6.62. The monoisotopic (exact) mass is 267 g/mol. The van der Waals surface area contributed by atoms with Gasteiger partial charge < -0.3 is 4.90 Å². The summed E-state index contributed by atoms with van der Waals surface area (Å²) in [5, 5.41) is 0.148. The van der Waals surface area contributed by atoms with Crippen molar-refractivity contribution < 1.29 is 4.79 Å². The van der Waals surface area contributed by atoms with Crippen LogP contribution in [0.15, 0.2) is 23.6 Å². The van der Waals surface area contributed by atoms with Crippen LogP contribution in [0, 0.1) is 5.41 Å². The molecule has 1 fully saturated rings. The third kappa shape index (κ3) is 3.64. The van der Waals surface area contributed by atoms with Gasteiger partial charge in [-0.2, -0.15) is 0 Å². The molecule has 3 heteroatoms. The van der Waals surface area contributed by atoms with Crippen LogP contribution in [0.1, 0.15) is 46.5 Å². The van der Waals surface area contributed by atoms with Crippen LogP contribution >= 0.6 is 11.8 Å². The molecular formula is C15H25NOS.